The van der Waals surface area contributed by atoms with Gasteiger partial charge in [0.2, 0.25) is 5.91 Å². The number of rotatable bonds is 4. The molecule has 0 unspecified atom stereocenters. The van der Waals surface area contributed by atoms with Crippen LogP contribution in [0.1, 0.15) is 25.7 Å². The molecule has 7 heteroatoms. The Bertz CT molecular complexity index is 1210. The summed E-state index contributed by atoms with van der Waals surface area (Å²) in [5.74, 6) is 0.520. The van der Waals surface area contributed by atoms with Crippen molar-refractivity contribution >= 4 is 33.6 Å². The molecule has 2 aromatic carbocycles. The molecule has 0 atom stereocenters. The minimum Gasteiger partial charge on any atom is -0.440 e. The van der Waals surface area contributed by atoms with E-state index in [0.717, 1.165) is 0 Å². The van der Waals surface area contributed by atoms with Gasteiger partial charge in [0.25, 0.3) is 5.56 Å². The molecular formula is C20H18N4O3. The van der Waals surface area contributed by atoms with Crippen molar-refractivity contribution in [1.29, 1.82) is 0 Å². The molecule has 0 aliphatic carbocycles. The Labute approximate surface area is 154 Å². The predicted molar refractivity (Wildman–Crippen MR) is 103 cm³/mol. The van der Waals surface area contributed by atoms with Crippen molar-refractivity contribution in [3.63, 3.8) is 0 Å². The van der Waals surface area contributed by atoms with E-state index >= 15 is 0 Å². The van der Waals surface area contributed by atoms with Crippen LogP contribution in [0.4, 0.5) is 5.69 Å². The van der Waals surface area contributed by atoms with E-state index in [9.17, 15) is 9.59 Å². The third-order valence-corrected chi connectivity index (χ3v) is 4.23. The van der Waals surface area contributed by atoms with E-state index in [0.29, 0.717) is 33.6 Å². The Balaban J connectivity index is 1.55. The van der Waals surface area contributed by atoms with Gasteiger partial charge in [0.1, 0.15) is 12.1 Å². The van der Waals surface area contributed by atoms with Crippen LogP contribution in [-0.4, -0.2) is 20.4 Å². The lowest BCUT2D eigenvalue weighted by Crippen LogP contribution is -2.27. The normalized spacial score (nSPS) is 11.4. The maximum Gasteiger partial charge on any atom is 0.261 e. The van der Waals surface area contributed by atoms with Crippen molar-refractivity contribution in [3.05, 3.63) is 65.0 Å². The first-order chi connectivity index (χ1) is 13.0. The second-order valence-corrected chi connectivity index (χ2v) is 6.63. The molecule has 0 aliphatic rings. The first-order valence-corrected chi connectivity index (χ1v) is 8.66. The van der Waals surface area contributed by atoms with E-state index in [1.54, 1.807) is 36.4 Å². The van der Waals surface area contributed by atoms with Gasteiger partial charge in [0, 0.05) is 11.6 Å². The molecule has 136 valence electrons. The Morgan fingerprint density at radius 2 is 2.00 bits per heavy atom. The number of anilines is 1. The molecule has 0 aliphatic heterocycles. The van der Waals surface area contributed by atoms with E-state index in [1.165, 1.54) is 10.9 Å². The number of hydrogen-bond donors (Lipinski definition) is 1. The van der Waals surface area contributed by atoms with E-state index in [-0.39, 0.29) is 23.9 Å². The summed E-state index contributed by atoms with van der Waals surface area (Å²) >= 11 is 0. The van der Waals surface area contributed by atoms with Crippen molar-refractivity contribution in [2.45, 2.75) is 26.3 Å². The topological polar surface area (TPSA) is 90.0 Å². The minimum atomic E-state index is -0.318. The summed E-state index contributed by atoms with van der Waals surface area (Å²) in [6, 6.07) is 12.3. The Kier molecular flexibility index (Phi) is 4.19. The van der Waals surface area contributed by atoms with Crippen LogP contribution in [0.3, 0.4) is 0 Å². The average Bonchev–Trinajstić information content (AvgIpc) is 3.08. The van der Waals surface area contributed by atoms with Gasteiger partial charge in [-0.1, -0.05) is 26.0 Å². The number of carbonyl (C=O) groups excluding carboxylic acids is 1. The summed E-state index contributed by atoms with van der Waals surface area (Å²) in [6.07, 6.45) is 1.39. The van der Waals surface area contributed by atoms with Crippen LogP contribution in [0.5, 0.6) is 0 Å². The van der Waals surface area contributed by atoms with E-state index in [2.05, 4.69) is 15.3 Å². The minimum absolute atomic E-state index is 0.120. The van der Waals surface area contributed by atoms with Gasteiger partial charge in [-0.2, -0.15) is 0 Å². The SMILES string of the molecule is CC(C)c1nc2cc(NC(=O)Cn3cnc4ccccc4c3=O)ccc2o1. The monoisotopic (exact) mass is 362 g/mol. The van der Waals surface area contributed by atoms with Crippen LogP contribution >= 0.6 is 0 Å². The molecule has 0 fully saturated rings. The smallest absolute Gasteiger partial charge is 0.261 e. The zero-order valence-electron chi connectivity index (χ0n) is 15.0. The lowest BCUT2D eigenvalue weighted by atomic mass is 10.2. The molecule has 4 aromatic rings. The molecule has 2 heterocycles. The fourth-order valence-corrected chi connectivity index (χ4v) is 2.84. The van der Waals surface area contributed by atoms with Crippen molar-refractivity contribution in [1.82, 2.24) is 14.5 Å². The summed E-state index contributed by atoms with van der Waals surface area (Å²) in [7, 11) is 0. The van der Waals surface area contributed by atoms with Crippen LogP contribution in [0.25, 0.3) is 22.0 Å². The summed E-state index contributed by atoms with van der Waals surface area (Å²) in [4.78, 5) is 33.5. The first kappa shape index (κ1) is 17.0. The van der Waals surface area contributed by atoms with Gasteiger partial charge < -0.3 is 9.73 Å². The predicted octanol–water partition coefficient (Wildman–Crippen LogP) is 3.30. The summed E-state index contributed by atoms with van der Waals surface area (Å²) in [5, 5.41) is 3.27. The zero-order chi connectivity index (χ0) is 19.0. The zero-order valence-corrected chi connectivity index (χ0v) is 15.0. The molecule has 0 radical (unpaired) electrons. The van der Waals surface area contributed by atoms with Crippen molar-refractivity contribution in [2.75, 3.05) is 5.32 Å². The molecule has 0 spiro atoms. The van der Waals surface area contributed by atoms with Gasteiger partial charge in [-0.05, 0) is 30.3 Å². The van der Waals surface area contributed by atoms with Crippen LogP contribution in [0.2, 0.25) is 0 Å². The van der Waals surface area contributed by atoms with E-state index in [4.69, 9.17) is 4.42 Å². The number of fused-ring (bicyclic) bond motifs is 2. The number of para-hydroxylation sites is 1. The summed E-state index contributed by atoms with van der Waals surface area (Å²) in [5.41, 5.74) is 2.31. The second kappa shape index (κ2) is 6.68. The Morgan fingerprint density at radius 3 is 2.81 bits per heavy atom. The van der Waals surface area contributed by atoms with Crippen molar-refractivity contribution in [2.24, 2.45) is 0 Å². The lowest BCUT2D eigenvalue weighted by Gasteiger charge is -2.08. The number of nitrogens with one attached hydrogen (secondary N) is 1. The number of aromatic nitrogens is 3. The highest BCUT2D eigenvalue weighted by Gasteiger charge is 2.12. The molecule has 0 bridgehead atoms. The molecule has 0 saturated heterocycles. The first-order valence-electron chi connectivity index (χ1n) is 8.66. The maximum atomic E-state index is 12.5. The fraction of sp³-hybridized carbons (Fsp3) is 0.200. The standard InChI is InChI=1S/C20H18N4O3/c1-12(2)19-23-16-9-13(7-8-17(16)27-19)22-18(25)10-24-11-21-15-6-4-3-5-14(15)20(24)26/h3-9,11-12H,10H2,1-2H3,(H,22,25). The molecule has 0 saturated carbocycles. The third kappa shape index (κ3) is 3.31. The van der Waals surface area contributed by atoms with Crippen molar-refractivity contribution in [3.8, 4) is 0 Å². The number of nitrogens with zero attached hydrogens (tertiary/aromatic N) is 3. The molecular weight excluding hydrogens is 344 g/mol. The molecule has 2 aromatic heterocycles. The highest BCUT2D eigenvalue weighted by Crippen LogP contribution is 2.23. The molecule has 1 N–H and O–H groups in total. The van der Waals surface area contributed by atoms with Gasteiger partial charge in [-0.3, -0.25) is 14.2 Å². The van der Waals surface area contributed by atoms with Crippen LogP contribution in [-0.2, 0) is 11.3 Å². The molecule has 1 amide bonds. The number of oxazole rings is 1. The van der Waals surface area contributed by atoms with Gasteiger partial charge in [-0.15, -0.1) is 0 Å². The maximum absolute atomic E-state index is 12.5. The van der Waals surface area contributed by atoms with Gasteiger partial charge in [-0.25, -0.2) is 9.97 Å². The Hall–Kier alpha value is -3.48. The second-order valence-electron chi connectivity index (χ2n) is 6.63. The lowest BCUT2D eigenvalue weighted by molar-refractivity contribution is -0.116. The Morgan fingerprint density at radius 1 is 1.19 bits per heavy atom. The number of amides is 1. The van der Waals surface area contributed by atoms with Gasteiger partial charge in [0.05, 0.1) is 17.2 Å². The highest BCUT2D eigenvalue weighted by molar-refractivity contribution is 5.92. The van der Waals surface area contributed by atoms with E-state index in [1.807, 2.05) is 19.9 Å². The molecule has 7 nitrogen and oxygen atoms in total. The molecule has 27 heavy (non-hydrogen) atoms. The van der Waals surface area contributed by atoms with Crippen molar-refractivity contribution < 1.29 is 9.21 Å². The van der Waals surface area contributed by atoms with E-state index < -0.39 is 0 Å². The fourth-order valence-electron chi connectivity index (χ4n) is 2.84. The van der Waals surface area contributed by atoms with Crippen LogP contribution in [0.15, 0.2) is 58.0 Å². The van der Waals surface area contributed by atoms with Crippen LogP contribution < -0.4 is 10.9 Å². The quantitative estimate of drug-likeness (QED) is 0.601. The third-order valence-electron chi connectivity index (χ3n) is 4.23. The summed E-state index contributed by atoms with van der Waals surface area (Å²) in [6.45, 7) is 3.89. The molecule has 4 rings (SSSR count). The average molecular weight is 362 g/mol. The number of carbonyl (C=O) groups is 1. The van der Waals surface area contributed by atoms with Gasteiger partial charge in [0.15, 0.2) is 11.5 Å². The number of benzene rings is 2. The summed E-state index contributed by atoms with van der Waals surface area (Å²) < 4.78 is 6.96. The van der Waals surface area contributed by atoms with Gasteiger partial charge >= 0.3 is 0 Å². The largest absolute Gasteiger partial charge is 0.440 e. The van der Waals surface area contributed by atoms with Crippen LogP contribution in [0, 0.1) is 0 Å². The number of hydrogen-bond acceptors (Lipinski definition) is 5. The highest BCUT2D eigenvalue weighted by atomic mass is 16.3.